The Morgan fingerprint density at radius 2 is 1.75 bits per heavy atom. The number of nitrogens with zero attached hydrogens (tertiary/aromatic N) is 1. The molecule has 0 spiro atoms. The normalized spacial score (nSPS) is 11.5. The summed E-state index contributed by atoms with van der Waals surface area (Å²) in [4.78, 5) is 21.5. The van der Waals surface area contributed by atoms with E-state index in [-0.39, 0.29) is 18.3 Å². The highest BCUT2D eigenvalue weighted by molar-refractivity contribution is 5.72. The molecule has 20 heavy (non-hydrogen) atoms. The minimum absolute atomic E-state index is 0.121. The van der Waals surface area contributed by atoms with Gasteiger partial charge in [0, 0.05) is 19.5 Å². The fraction of sp³-hybridized carbons (Fsp3) is 0.857. The highest BCUT2D eigenvalue weighted by atomic mass is 16.5. The van der Waals surface area contributed by atoms with Crippen LogP contribution in [0.4, 0.5) is 0 Å². The highest BCUT2D eigenvalue weighted by Gasteiger charge is 2.17. The first-order chi connectivity index (χ1) is 9.42. The number of carboxylic acid groups (broad SMARTS) is 1. The Labute approximate surface area is 122 Å². The Balaban J connectivity index is 0. The number of rotatable bonds is 9. The zero-order valence-electron chi connectivity index (χ0n) is 13.2. The van der Waals surface area contributed by atoms with E-state index in [0.29, 0.717) is 25.9 Å². The summed E-state index contributed by atoms with van der Waals surface area (Å²) in [6.45, 7) is 10.00. The Morgan fingerprint density at radius 1 is 1.20 bits per heavy atom. The third kappa shape index (κ3) is 13.3. The first-order valence-electron chi connectivity index (χ1n) is 7.30. The average molecular weight is 290 g/mol. The Hall–Kier alpha value is -1.14. The molecule has 0 aliphatic heterocycles. The standard InChI is InChI=1S/C10H18O4.C4H12N2/c1-3-8(10(13)14-4-2)6-5-7-9(11)12;1-3-6(5)4-2/h8H,3-7H2,1-2H3,(H,11,12);3-5H2,1-2H3. The number of hydrogen-bond donors (Lipinski definition) is 2. The second-order valence-electron chi connectivity index (χ2n) is 4.36. The Morgan fingerprint density at radius 3 is 2.05 bits per heavy atom. The van der Waals surface area contributed by atoms with Gasteiger partial charge in [0.05, 0.1) is 12.5 Å². The Kier molecular flexibility index (Phi) is 15.1. The lowest BCUT2D eigenvalue weighted by Crippen LogP contribution is -2.29. The van der Waals surface area contributed by atoms with E-state index in [1.807, 2.05) is 20.8 Å². The molecule has 1 unspecified atom stereocenters. The first-order valence-corrected chi connectivity index (χ1v) is 7.30. The third-order valence-corrected chi connectivity index (χ3v) is 2.87. The number of esters is 1. The number of ether oxygens (including phenoxy) is 1. The maximum absolute atomic E-state index is 11.3. The maximum Gasteiger partial charge on any atom is 0.308 e. The Bertz CT molecular complexity index is 256. The lowest BCUT2D eigenvalue weighted by molar-refractivity contribution is -0.148. The van der Waals surface area contributed by atoms with Crippen molar-refractivity contribution in [1.82, 2.24) is 5.01 Å². The van der Waals surface area contributed by atoms with E-state index >= 15 is 0 Å². The van der Waals surface area contributed by atoms with Crippen LogP contribution in [0.1, 0.15) is 53.4 Å². The van der Waals surface area contributed by atoms with Gasteiger partial charge in [-0.1, -0.05) is 20.8 Å². The molecule has 3 N–H and O–H groups in total. The maximum atomic E-state index is 11.3. The van der Waals surface area contributed by atoms with Gasteiger partial charge < -0.3 is 9.84 Å². The average Bonchev–Trinajstić information content (AvgIpc) is 2.43. The van der Waals surface area contributed by atoms with Crippen LogP contribution in [0.15, 0.2) is 0 Å². The lowest BCUT2D eigenvalue weighted by Gasteiger charge is -2.12. The van der Waals surface area contributed by atoms with E-state index < -0.39 is 5.97 Å². The molecule has 6 heteroatoms. The van der Waals surface area contributed by atoms with E-state index in [4.69, 9.17) is 15.7 Å². The summed E-state index contributed by atoms with van der Waals surface area (Å²) in [5.41, 5.74) is 0. The second-order valence-corrected chi connectivity index (χ2v) is 4.36. The van der Waals surface area contributed by atoms with Gasteiger partial charge in [-0.2, -0.15) is 0 Å². The molecular weight excluding hydrogens is 260 g/mol. The van der Waals surface area contributed by atoms with Gasteiger partial charge in [0.25, 0.3) is 0 Å². The van der Waals surface area contributed by atoms with Gasteiger partial charge >= 0.3 is 11.9 Å². The number of nitrogens with two attached hydrogens (primary N) is 1. The predicted molar refractivity (Wildman–Crippen MR) is 79.0 cm³/mol. The second kappa shape index (κ2) is 14.3. The predicted octanol–water partition coefficient (Wildman–Crippen LogP) is 2.03. The number of hydrogen-bond acceptors (Lipinski definition) is 5. The number of carbonyl (C=O) groups is 2. The monoisotopic (exact) mass is 290 g/mol. The van der Waals surface area contributed by atoms with Crippen molar-refractivity contribution in [2.75, 3.05) is 19.7 Å². The van der Waals surface area contributed by atoms with Gasteiger partial charge in [-0.05, 0) is 26.2 Å². The molecule has 0 aliphatic carbocycles. The van der Waals surface area contributed by atoms with Crippen molar-refractivity contribution in [3.63, 3.8) is 0 Å². The molecule has 0 aromatic carbocycles. The van der Waals surface area contributed by atoms with Crippen LogP contribution in [0.5, 0.6) is 0 Å². The van der Waals surface area contributed by atoms with Gasteiger partial charge in [-0.15, -0.1) is 0 Å². The van der Waals surface area contributed by atoms with Gasteiger partial charge in [-0.3, -0.25) is 15.4 Å². The van der Waals surface area contributed by atoms with Gasteiger partial charge in [-0.25, -0.2) is 5.01 Å². The molecule has 0 aromatic heterocycles. The molecule has 0 aliphatic rings. The largest absolute Gasteiger partial charge is 0.481 e. The lowest BCUT2D eigenvalue weighted by atomic mass is 9.99. The molecule has 0 heterocycles. The van der Waals surface area contributed by atoms with E-state index in [0.717, 1.165) is 13.1 Å². The van der Waals surface area contributed by atoms with Crippen molar-refractivity contribution in [1.29, 1.82) is 0 Å². The van der Waals surface area contributed by atoms with E-state index in [2.05, 4.69) is 0 Å². The number of carboxylic acids is 1. The molecule has 0 saturated carbocycles. The van der Waals surface area contributed by atoms with Crippen LogP contribution in [0.2, 0.25) is 0 Å². The van der Waals surface area contributed by atoms with E-state index in [1.54, 1.807) is 11.9 Å². The minimum atomic E-state index is -0.816. The third-order valence-electron chi connectivity index (χ3n) is 2.87. The molecule has 0 aromatic rings. The topological polar surface area (TPSA) is 92.9 Å². The molecule has 120 valence electrons. The number of carbonyl (C=O) groups excluding carboxylic acids is 1. The number of aliphatic carboxylic acids is 1. The summed E-state index contributed by atoms with van der Waals surface area (Å²) >= 11 is 0. The van der Waals surface area contributed by atoms with Crippen LogP contribution in [-0.4, -0.2) is 41.8 Å². The van der Waals surface area contributed by atoms with Crippen LogP contribution in [0.25, 0.3) is 0 Å². The fourth-order valence-corrected chi connectivity index (χ4v) is 1.47. The van der Waals surface area contributed by atoms with Crippen molar-refractivity contribution < 1.29 is 19.4 Å². The van der Waals surface area contributed by atoms with Gasteiger partial charge in [0.2, 0.25) is 0 Å². The zero-order chi connectivity index (χ0) is 16.0. The summed E-state index contributed by atoms with van der Waals surface area (Å²) in [5.74, 6) is 4.14. The smallest absolute Gasteiger partial charge is 0.308 e. The molecule has 0 saturated heterocycles. The fourth-order valence-electron chi connectivity index (χ4n) is 1.47. The van der Waals surface area contributed by atoms with Gasteiger partial charge in [0.1, 0.15) is 0 Å². The summed E-state index contributed by atoms with van der Waals surface area (Å²) < 4.78 is 4.87. The first kappa shape index (κ1) is 21.2. The summed E-state index contributed by atoms with van der Waals surface area (Å²) in [6.07, 6.45) is 1.96. The van der Waals surface area contributed by atoms with Crippen LogP contribution in [-0.2, 0) is 14.3 Å². The van der Waals surface area contributed by atoms with Crippen LogP contribution in [0.3, 0.4) is 0 Å². The molecule has 0 rings (SSSR count). The van der Waals surface area contributed by atoms with Crippen LogP contribution < -0.4 is 5.84 Å². The highest BCUT2D eigenvalue weighted by Crippen LogP contribution is 2.14. The van der Waals surface area contributed by atoms with E-state index in [9.17, 15) is 9.59 Å². The summed E-state index contributed by atoms with van der Waals surface area (Å²) in [6, 6.07) is 0. The van der Waals surface area contributed by atoms with E-state index in [1.165, 1.54) is 0 Å². The van der Waals surface area contributed by atoms with Crippen molar-refractivity contribution >= 4 is 11.9 Å². The van der Waals surface area contributed by atoms with Gasteiger partial charge in [0.15, 0.2) is 0 Å². The van der Waals surface area contributed by atoms with Crippen molar-refractivity contribution in [3.05, 3.63) is 0 Å². The molecule has 0 amide bonds. The molecule has 0 fully saturated rings. The van der Waals surface area contributed by atoms with Crippen molar-refractivity contribution in [2.45, 2.75) is 53.4 Å². The minimum Gasteiger partial charge on any atom is -0.481 e. The van der Waals surface area contributed by atoms with Crippen molar-refractivity contribution in [2.24, 2.45) is 11.8 Å². The van der Waals surface area contributed by atoms with Crippen LogP contribution in [0, 0.1) is 5.92 Å². The SMILES string of the molecule is CCN(N)CC.CCOC(=O)C(CC)CCCC(=O)O. The number of hydrazine groups is 1. The summed E-state index contributed by atoms with van der Waals surface area (Å²) in [5, 5.41) is 10.2. The molecule has 0 bridgehead atoms. The molecule has 6 nitrogen and oxygen atoms in total. The summed E-state index contributed by atoms with van der Waals surface area (Å²) in [7, 11) is 0. The molecular formula is C14H30N2O4. The van der Waals surface area contributed by atoms with Crippen LogP contribution >= 0.6 is 0 Å². The quantitative estimate of drug-likeness (QED) is 0.383. The van der Waals surface area contributed by atoms with Crippen molar-refractivity contribution in [3.8, 4) is 0 Å². The molecule has 0 radical (unpaired) electrons. The molecule has 1 atom stereocenters. The zero-order valence-corrected chi connectivity index (χ0v) is 13.2.